The molecule has 0 heterocycles. The molecule has 0 aliphatic carbocycles. The molecule has 4 aromatic rings. The average molecular weight is 613 g/mol. The van der Waals surface area contributed by atoms with Crippen molar-refractivity contribution in [1.29, 1.82) is 0 Å². The Morgan fingerprint density at radius 1 is 0.909 bits per heavy atom. The molecule has 226 valence electrons. The van der Waals surface area contributed by atoms with Gasteiger partial charge in [0.1, 0.15) is 12.6 Å². The van der Waals surface area contributed by atoms with Gasteiger partial charge in [-0.2, -0.15) is 16.9 Å². The van der Waals surface area contributed by atoms with E-state index in [9.17, 15) is 19.7 Å². The molecule has 1 atom stereocenters. The van der Waals surface area contributed by atoms with Gasteiger partial charge in [-0.1, -0.05) is 60.7 Å². The number of nitrogens with zero attached hydrogens (tertiary/aromatic N) is 2. The fourth-order valence-corrected chi connectivity index (χ4v) is 5.02. The molecule has 4 aromatic carbocycles. The topological polar surface area (TPSA) is 132 Å². The molecule has 0 unspecified atom stereocenters. The zero-order valence-corrected chi connectivity index (χ0v) is 24.9. The van der Waals surface area contributed by atoms with Gasteiger partial charge in [0.05, 0.1) is 17.7 Å². The third-order valence-corrected chi connectivity index (χ3v) is 7.36. The summed E-state index contributed by atoms with van der Waals surface area (Å²) in [5, 5.41) is 17.8. The summed E-state index contributed by atoms with van der Waals surface area (Å²) in [6, 6.07) is 29.2. The van der Waals surface area contributed by atoms with Crippen molar-refractivity contribution in [2.75, 3.05) is 12.4 Å². The minimum Gasteiger partial charge on any atom is -0.490 e. The summed E-state index contributed by atoms with van der Waals surface area (Å²) in [6.07, 6.45) is 1.48. The molecule has 0 aliphatic rings. The van der Waals surface area contributed by atoms with Crippen molar-refractivity contribution in [3.05, 3.63) is 135 Å². The van der Waals surface area contributed by atoms with Crippen molar-refractivity contribution in [1.82, 2.24) is 10.7 Å². The Balaban J connectivity index is 1.41. The molecule has 44 heavy (non-hydrogen) atoms. The van der Waals surface area contributed by atoms with Crippen LogP contribution in [0.1, 0.15) is 34.0 Å². The minimum atomic E-state index is -0.920. The molecule has 0 saturated heterocycles. The van der Waals surface area contributed by atoms with Crippen LogP contribution in [-0.4, -0.2) is 41.4 Å². The number of ether oxygens (including phenoxy) is 2. The first-order valence-corrected chi connectivity index (χ1v) is 15.0. The summed E-state index contributed by atoms with van der Waals surface area (Å²) in [5.74, 6) is 1.00. The summed E-state index contributed by atoms with van der Waals surface area (Å²) in [5.41, 5.74) is 5.36. The van der Waals surface area contributed by atoms with Gasteiger partial charge in [-0.05, 0) is 53.9 Å². The molecule has 2 N–H and O–H groups in total. The molecule has 0 aromatic heterocycles. The number of nitro groups is 1. The number of amides is 2. The highest BCUT2D eigenvalue weighted by molar-refractivity contribution is 7.98. The van der Waals surface area contributed by atoms with Gasteiger partial charge < -0.3 is 14.8 Å². The normalized spacial score (nSPS) is 11.5. The Labute approximate surface area is 259 Å². The molecule has 10 nitrogen and oxygen atoms in total. The number of carbonyl (C=O) groups excluding carboxylic acids is 2. The Bertz CT molecular complexity index is 1570. The predicted molar refractivity (Wildman–Crippen MR) is 171 cm³/mol. The summed E-state index contributed by atoms with van der Waals surface area (Å²) in [4.78, 5) is 36.5. The third kappa shape index (κ3) is 9.70. The molecule has 4 rings (SSSR count). The quantitative estimate of drug-likeness (QED) is 0.0992. The number of carbonyl (C=O) groups is 2. The first kappa shape index (κ1) is 31.8. The van der Waals surface area contributed by atoms with E-state index >= 15 is 0 Å². The standard InChI is InChI=1S/C33H32N4O6S/c1-2-42-31-19-26(13-18-30(31)43-21-24-9-5-3-6-10-24)20-34-36-33(39)29(23-44-22-25-11-7-4-8-12-25)35-32(38)27-14-16-28(17-15-27)37(40)41/h3-20,29H,2,21-23H2,1H3,(H,35,38)(H,36,39)/b34-20-/t29-/m1/s1. The molecule has 0 fully saturated rings. The number of non-ortho nitro benzene ring substituents is 1. The van der Waals surface area contributed by atoms with E-state index < -0.39 is 22.8 Å². The smallest absolute Gasteiger partial charge is 0.269 e. The molecular formula is C33H32N4O6S. The second-order valence-electron chi connectivity index (χ2n) is 9.48. The summed E-state index contributed by atoms with van der Waals surface area (Å²) in [6.45, 7) is 2.71. The first-order chi connectivity index (χ1) is 21.4. The maximum Gasteiger partial charge on any atom is 0.269 e. The summed E-state index contributed by atoms with van der Waals surface area (Å²) >= 11 is 1.48. The van der Waals surface area contributed by atoms with E-state index in [2.05, 4.69) is 15.8 Å². The van der Waals surface area contributed by atoms with Crippen LogP contribution in [0.2, 0.25) is 0 Å². The number of hydrogen-bond donors (Lipinski definition) is 2. The van der Waals surface area contributed by atoms with Gasteiger partial charge in [-0.15, -0.1) is 0 Å². The van der Waals surface area contributed by atoms with Crippen LogP contribution in [-0.2, 0) is 17.2 Å². The monoisotopic (exact) mass is 612 g/mol. The highest BCUT2D eigenvalue weighted by Gasteiger charge is 2.22. The van der Waals surface area contributed by atoms with Crippen molar-refractivity contribution in [3.63, 3.8) is 0 Å². The lowest BCUT2D eigenvalue weighted by molar-refractivity contribution is -0.384. The second kappa shape index (κ2) is 16.5. The van der Waals surface area contributed by atoms with Gasteiger partial charge in [0.2, 0.25) is 0 Å². The second-order valence-corrected chi connectivity index (χ2v) is 10.5. The van der Waals surface area contributed by atoms with Crippen molar-refractivity contribution >= 4 is 35.5 Å². The lowest BCUT2D eigenvalue weighted by Crippen LogP contribution is -2.47. The van der Waals surface area contributed by atoms with E-state index in [4.69, 9.17) is 9.47 Å². The number of nitro benzene ring substituents is 1. The molecule has 0 aliphatic heterocycles. The zero-order chi connectivity index (χ0) is 31.1. The first-order valence-electron chi connectivity index (χ1n) is 13.9. The number of rotatable bonds is 15. The average Bonchev–Trinajstić information content (AvgIpc) is 3.05. The Morgan fingerprint density at radius 2 is 1.59 bits per heavy atom. The molecule has 0 bridgehead atoms. The van der Waals surface area contributed by atoms with E-state index in [1.54, 1.807) is 18.2 Å². The fraction of sp³-hybridized carbons (Fsp3) is 0.182. The summed E-state index contributed by atoms with van der Waals surface area (Å²) in [7, 11) is 0. The fourth-order valence-electron chi connectivity index (χ4n) is 4.00. The molecule has 0 spiro atoms. The van der Waals surface area contributed by atoms with Gasteiger partial charge >= 0.3 is 0 Å². The maximum atomic E-state index is 13.1. The van der Waals surface area contributed by atoms with Gasteiger partial charge in [-0.25, -0.2) is 5.43 Å². The maximum absolute atomic E-state index is 13.1. The lowest BCUT2D eigenvalue weighted by Gasteiger charge is -2.17. The zero-order valence-electron chi connectivity index (χ0n) is 24.1. The molecular weight excluding hydrogens is 580 g/mol. The van der Waals surface area contributed by atoms with Crippen LogP contribution in [0.25, 0.3) is 0 Å². The molecule has 2 amide bonds. The van der Waals surface area contributed by atoms with Crippen molar-refractivity contribution < 1.29 is 24.0 Å². The van der Waals surface area contributed by atoms with E-state index in [1.165, 1.54) is 42.2 Å². The number of thioether (sulfide) groups is 1. The molecule has 11 heteroatoms. The van der Waals surface area contributed by atoms with E-state index in [0.29, 0.717) is 36.0 Å². The number of hydrogen-bond acceptors (Lipinski definition) is 8. The highest BCUT2D eigenvalue weighted by atomic mass is 32.2. The number of nitrogens with one attached hydrogen (secondary N) is 2. The van der Waals surface area contributed by atoms with Crippen LogP contribution in [0.5, 0.6) is 11.5 Å². The van der Waals surface area contributed by atoms with Crippen LogP contribution in [0.3, 0.4) is 0 Å². The predicted octanol–water partition coefficient (Wildman–Crippen LogP) is 5.75. The Morgan fingerprint density at radius 3 is 2.25 bits per heavy atom. The van der Waals surface area contributed by atoms with Crippen molar-refractivity contribution in [3.8, 4) is 11.5 Å². The van der Waals surface area contributed by atoms with Gasteiger partial charge in [0.25, 0.3) is 17.5 Å². The van der Waals surface area contributed by atoms with E-state index in [1.807, 2.05) is 67.6 Å². The van der Waals surface area contributed by atoms with Crippen molar-refractivity contribution in [2.45, 2.75) is 25.3 Å². The van der Waals surface area contributed by atoms with Crippen LogP contribution >= 0.6 is 11.8 Å². The van der Waals surface area contributed by atoms with Crippen LogP contribution in [0.4, 0.5) is 5.69 Å². The van der Waals surface area contributed by atoms with E-state index in [-0.39, 0.29) is 17.0 Å². The number of benzene rings is 4. The number of hydrazone groups is 1. The highest BCUT2D eigenvalue weighted by Crippen LogP contribution is 2.29. The van der Waals surface area contributed by atoms with Crippen LogP contribution in [0.15, 0.2) is 108 Å². The Hall–Kier alpha value is -5.16. The van der Waals surface area contributed by atoms with Gasteiger partial charge in [-0.3, -0.25) is 19.7 Å². The molecule has 0 saturated carbocycles. The third-order valence-electron chi connectivity index (χ3n) is 6.25. The van der Waals surface area contributed by atoms with Crippen LogP contribution in [0, 0.1) is 10.1 Å². The largest absolute Gasteiger partial charge is 0.490 e. The van der Waals surface area contributed by atoms with E-state index in [0.717, 1.165) is 11.1 Å². The minimum absolute atomic E-state index is 0.133. The SMILES string of the molecule is CCOc1cc(/C=N\NC(=O)[C@@H](CSCc2ccccc2)NC(=O)c2ccc([N+](=O)[O-])cc2)ccc1OCc1ccccc1. The summed E-state index contributed by atoms with van der Waals surface area (Å²) < 4.78 is 11.7. The van der Waals surface area contributed by atoms with Crippen molar-refractivity contribution in [2.24, 2.45) is 5.10 Å². The van der Waals surface area contributed by atoms with Gasteiger partial charge in [0.15, 0.2) is 11.5 Å². The Kier molecular flexibility index (Phi) is 11.9. The lowest BCUT2D eigenvalue weighted by atomic mass is 10.2. The van der Waals surface area contributed by atoms with Crippen LogP contribution < -0.4 is 20.2 Å². The molecule has 0 radical (unpaired) electrons. The van der Waals surface area contributed by atoms with Gasteiger partial charge in [0, 0.05) is 29.2 Å².